The maximum Gasteiger partial charge on any atom is 0.244 e. The molecule has 8 nitrogen and oxygen atoms in total. The molecule has 1 N–H and O–H groups in total. The largest absolute Gasteiger partial charge is 0.352 e. The van der Waals surface area contributed by atoms with E-state index in [1.54, 1.807) is 12.1 Å². The Labute approximate surface area is 206 Å². The van der Waals surface area contributed by atoms with Crippen molar-refractivity contribution >= 4 is 15.9 Å². The smallest absolute Gasteiger partial charge is 0.244 e. The Hall–Kier alpha value is -3.48. The molecule has 1 aromatic heterocycles. The van der Waals surface area contributed by atoms with Crippen LogP contribution >= 0.6 is 0 Å². The standard InChI is InChI=1S/C26H29N5O3S/c1-19-24(20(2)31(29-19)18-21-8-4-3-5-9-21)17-28-26(32)22-12-14-30(15-13-22)35(33,34)25-11-7-6-10-23(25)16-27/h3-11,22H,12-15,17-18H2,1-2H3,(H,28,32). The topological polar surface area (TPSA) is 108 Å². The van der Waals surface area contributed by atoms with Crippen molar-refractivity contribution in [3.63, 3.8) is 0 Å². The van der Waals surface area contributed by atoms with Crippen molar-refractivity contribution in [1.29, 1.82) is 5.26 Å². The number of piperidine rings is 1. The number of benzene rings is 2. The first kappa shape index (κ1) is 24.6. The van der Waals surface area contributed by atoms with E-state index in [1.807, 2.05) is 42.8 Å². The van der Waals surface area contributed by atoms with Gasteiger partial charge in [0.2, 0.25) is 15.9 Å². The van der Waals surface area contributed by atoms with Gasteiger partial charge in [0, 0.05) is 36.8 Å². The number of sulfonamides is 1. The zero-order valence-electron chi connectivity index (χ0n) is 19.9. The van der Waals surface area contributed by atoms with Gasteiger partial charge in [-0.05, 0) is 44.4 Å². The minimum absolute atomic E-state index is 0.0175. The molecule has 9 heteroatoms. The fourth-order valence-corrected chi connectivity index (χ4v) is 6.11. The lowest BCUT2D eigenvalue weighted by Crippen LogP contribution is -2.43. The molecule has 2 aromatic carbocycles. The van der Waals surface area contributed by atoms with Gasteiger partial charge < -0.3 is 5.32 Å². The van der Waals surface area contributed by atoms with E-state index < -0.39 is 10.0 Å². The highest BCUT2D eigenvalue weighted by Crippen LogP contribution is 2.26. The number of nitriles is 1. The van der Waals surface area contributed by atoms with Crippen LogP contribution in [0.1, 0.15) is 40.9 Å². The highest BCUT2D eigenvalue weighted by Gasteiger charge is 2.33. The Bertz CT molecular complexity index is 1350. The van der Waals surface area contributed by atoms with E-state index in [4.69, 9.17) is 0 Å². The molecular weight excluding hydrogens is 462 g/mol. The number of hydrogen-bond acceptors (Lipinski definition) is 5. The van der Waals surface area contributed by atoms with Gasteiger partial charge >= 0.3 is 0 Å². The van der Waals surface area contributed by atoms with Gasteiger partial charge in [-0.3, -0.25) is 9.48 Å². The molecule has 1 aliphatic rings. The van der Waals surface area contributed by atoms with Gasteiger partial charge in [0.25, 0.3) is 0 Å². The Kier molecular flexibility index (Phi) is 7.34. The zero-order chi connectivity index (χ0) is 25.0. The second-order valence-corrected chi connectivity index (χ2v) is 10.7. The first-order chi connectivity index (χ1) is 16.8. The molecule has 0 bridgehead atoms. The van der Waals surface area contributed by atoms with E-state index in [-0.39, 0.29) is 35.4 Å². The molecule has 0 aliphatic carbocycles. The average molecular weight is 492 g/mol. The number of carbonyl (C=O) groups is 1. The minimum Gasteiger partial charge on any atom is -0.352 e. The van der Waals surface area contributed by atoms with Gasteiger partial charge in [-0.2, -0.15) is 14.7 Å². The molecule has 0 saturated carbocycles. The van der Waals surface area contributed by atoms with Gasteiger partial charge in [0.15, 0.2) is 0 Å². The second kappa shape index (κ2) is 10.4. The molecule has 0 unspecified atom stereocenters. The summed E-state index contributed by atoms with van der Waals surface area (Å²) in [5, 5.41) is 16.9. The lowest BCUT2D eigenvalue weighted by Gasteiger charge is -2.30. The van der Waals surface area contributed by atoms with E-state index in [0.29, 0.717) is 25.9 Å². The summed E-state index contributed by atoms with van der Waals surface area (Å²) in [5.41, 5.74) is 4.20. The molecule has 35 heavy (non-hydrogen) atoms. The summed E-state index contributed by atoms with van der Waals surface area (Å²) >= 11 is 0. The fraction of sp³-hybridized carbons (Fsp3) is 0.346. The van der Waals surface area contributed by atoms with Crippen LogP contribution in [0, 0.1) is 31.1 Å². The third kappa shape index (κ3) is 5.29. The molecule has 3 aromatic rings. The van der Waals surface area contributed by atoms with Crippen molar-refractivity contribution < 1.29 is 13.2 Å². The van der Waals surface area contributed by atoms with Crippen LogP contribution in [0.2, 0.25) is 0 Å². The highest BCUT2D eigenvalue weighted by atomic mass is 32.2. The number of carbonyl (C=O) groups excluding carboxylic acids is 1. The molecule has 1 aliphatic heterocycles. The van der Waals surface area contributed by atoms with Crippen molar-refractivity contribution in [3.05, 3.63) is 82.7 Å². The summed E-state index contributed by atoms with van der Waals surface area (Å²) in [6.07, 6.45) is 0.871. The number of nitrogens with one attached hydrogen (secondary N) is 1. The molecule has 1 amide bonds. The average Bonchev–Trinajstić information content (AvgIpc) is 3.14. The predicted molar refractivity (Wildman–Crippen MR) is 132 cm³/mol. The molecule has 0 spiro atoms. The monoisotopic (exact) mass is 491 g/mol. The lowest BCUT2D eigenvalue weighted by molar-refractivity contribution is -0.126. The Balaban J connectivity index is 1.35. The van der Waals surface area contributed by atoms with Crippen LogP contribution in [0.15, 0.2) is 59.5 Å². The van der Waals surface area contributed by atoms with Crippen molar-refractivity contribution in [2.24, 2.45) is 5.92 Å². The molecule has 2 heterocycles. The summed E-state index contributed by atoms with van der Waals surface area (Å²) in [4.78, 5) is 12.9. The van der Waals surface area contributed by atoms with Crippen LogP contribution in [0.25, 0.3) is 0 Å². The number of amides is 1. The van der Waals surface area contributed by atoms with E-state index in [0.717, 1.165) is 22.5 Å². The van der Waals surface area contributed by atoms with Crippen molar-refractivity contribution in [3.8, 4) is 6.07 Å². The van der Waals surface area contributed by atoms with Crippen molar-refractivity contribution in [2.75, 3.05) is 13.1 Å². The van der Waals surface area contributed by atoms with Crippen LogP contribution in [0.4, 0.5) is 0 Å². The van der Waals surface area contributed by atoms with Gasteiger partial charge in [0.1, 0.15) is 6.07 Å². The Morgan fingerprint density at radius 3 is 2.43 bits per heavy atom. The van der Waals surface area contributed by atoms with Crippen molar-refractivity contribution in [2.45, 2.75) is 44.7 Å². The molecule has 4 rings (SSSR count). The maximum atomic E-state index is 13.0. The highest BCUT2D eigenvalue weighted by molar-refractivity contribution is 7.89. The maximum absolute atomic E-state index is 13.0. The van der Waals surface area contributed by atoms with Gasteiger partial charge in [-0.25, -0.2) is 8.42 Å². The number of aryl methyl sites for hydroxylation is 1. The zero-order valence-corrected chi connectivity index (χ0v) is 20.8. The predicted octanol–water partition coefficient (Wildman–Crippen LogP) is 3.14. The van der Waals surface area contributed by atoms with E-state index >= 15 is 0 Å². The van der Waals surface area contributed by atoms with Crippen LogP contribution in [0.5, 0.6) is 0 Å². The van der Waals surface area contributed by atoms with Crippen LogP contribution in [-0.2, 0) is 27.9 Å². The van der Waals surface area contributed by atoms with E-state index in [9.17, 15) is 18.5 Å². The molecule has 0 atom stereocenters. The second-order valence-electron chi connectivity index (χ2n) is 8.80. The number of aromatic nitrogens is 2. The van der Waals surface area contributed by atoms with Crippen LogP contribution in [0.3, 0.4) is 0 Å². The van der Waals surface area contributed by atoms with Gasteiger partial charge in [-0.1, -0.05) is 42.5 Å². The molecule has 1 fully saturated rings. The summed E-state index contributed by atoms with van der Waals surface area (Å²) < 4.78 is 29.4. The van der Waals surface area contributed by atoms with Crippen LogP contribution in [-0.4, -0.2) is 41.5 Å². The summed E-state index contributed by atoms with van der Waals surface area (Å²) in [6.45, 7) is 5.49. The van der Waals surface area contributed by atoms with Gasteiger partial charge in [0.05, 0.1) is 22.7 Å². The summed E-state index contributed by atoms with van der Waals surface area (Å²) in [5.74, 6) is -0.332. The third-order valence-corrected chi connectivity index (χ3v) is 8.55. The normalized spacial score (nSPS) is 15.0. The first-order valence-electron chi connectivity index (χ1n) is 11.6. The first-order valence-corrected chi connectivity index (χ1v) is 13.1. The number of hydrogen-bond donors (Lipinski definition) is 1. The molecule has 0 radical (unpaired) electrons. The van der Waals surface area contributed by atoms with E-state index in [1.165, 1.54) is 16.4 Å². The molecule has 1 saturated heterocycles. The molecular formula is C26H29N5O3S. The van der Waals surface area contributed by atoms with Crippen molar-refractivity contribution in [1.82, 2.24) is 19.4 Å². The van der Waals surface area contributed by atoms with Gasteiger partial charge in [-0.15, -0.1) is 0 Å². The lowest BCUT2D eigenvalue weighted by atomic mass is 9.97. The quantitative estimate of drug-likeness (QED) is 0.546. The minimum atomic E-state index is -3.78. The Morgan fingerprint density at radius 1 is 1.09 bits per heavy atom. The summed E-state index contributed by atoms with van der Waals surface area (Å²) in [7, 11) is -3.78. The third-order valence-electron chi connectivity index (χ3n) is 6.60. The van der Waals surface area contributed by atoms with Crippen LogP contribution < -0.4 is 5.32 Å². The van der Waals surface area contributed by atoms with E-state index in [2.05, 4.69) is 22.5 Å². The number of rotatable bonds is 7. The number of nitrogens with zero attached hydrogens (tertiary/aromatic N) is 4. The summed E-state index contributed by atoms with van der Waals surface area (Å²) in [6, 6.07) is 18.3. The Morgan fingerprint density at radius 2 is 1.74 bits per heavy atom. The molecule has 182 valence electrons. The fourth-order valence-electron chi connectivity index (χ4n) is 4.50. The SMILES string of the molecule is Cc1nn(Cc2ccccc2)c(C)c1CNC(=O)C1CCN(S(=O)(=O)c2ccccc2C#N)CC1.